The van der Waals surface area contributed by atoms with Gasteiger partial charge in [-0.3, -0.25) is 4.79 Å². The minimum absolute atomic E-state index is 0.335. The number of halogens is 1. The van der Waals surface area contributed by atoms with Gasteiger partial charge in [-0.25, -0.2) is 4.79 Å². The van der Waals surface area contributed by atoms with Crippen molar-refractivity contribution in [3.05, 3.63) is 37.7 Å². The summed E-state index contributed by atoms with van der Waals surface area (Å²) in [7, 11) is 1.30. The Bertz CT molecular complexity index is 591. The Labute approximate surface area is 116 Å². The minimum atomic E-state index is -0.474. The van der Waals surface area contributed by atoms with E-state index in [2.05, 4.69) is 10.1 Å². The molecule has 0 aliphatic rings. The molecule has 2 aromatic heterocycles. The van der Waals surface area contributed by atoms with Crippen molar-refractivity contribution in [3.63, 3.8) is 0 Å². The van der Waals surface area contributed by atoms with Gasteiger partial charge in [0.05, 0.1) is 17.8 Å². The first-order valence-corrected chi connectivity index (χ1v) is 6.97. The SMILES string of the molecule is COC(=O)c1sccc1NC(=O)c1sccc1Cl. The molecular weight excluding hydrogens is 294 g/mol. The molecule has 7 heteroatoms. The molecule has 94 valence electrons. The molecule has 0 bridgehead atoms. The van der Waals surface area contributed by atoms with Crippen molar-refractivity contribution in [1.82, 2.24) is 0 Å². The molecule has 0 unspecified atom stereocenters. The Kier molecular flexibility index (Phi) is 4.00. The second-order valence-corrected chi connectivity index (χ2v) is 5.45. The predicted octanol–water partition coefficient (Wildman–Crippen LogP) is 3.50. The van der Waals surface area contributed by atoms with Crippen molar-refractivity contribution in [2.24, 2.45) is 0 Å². The topological polar surface area (TPSA) is 55.4 Å². The Hall–Kier alpha value is -1.37. The molecule has 2 heterocycles. The summed E-state index contributed by atoms with van der Waals surface area (Å²) in [5, 5.41) is 6.48. The number of carbonyl (C=O) groups is 2. The van der Waals surface area contributed by atoms with Crippen molar-refractivity contribution in [3.8, 4) is 0 Å². The van der Waals surface area contributed by atoms with Crippen LogP contribution >= 0.6 is 34.3 Å². The van der Waals surface area contributed by atoms with Crippen LogP contribution in [-0.2, 0) is 4.74 Å². The predicted molar refractivity (Wildman–Crippen MR) is 72.9 cm³/mol. The highest BCUT2D eigenvalue weighted by Crippen LogP contribution is 2.26. The number of ether oxygens (including phenoxy) is 1. The van der Waals surface area contributed by atoms with Gasteiger partial charge in [0.25, 0.3) is 5.91 Å². The highest BCUT2D eigenvalue weighted by molar-refractivity contribution is 7.13. The molecule has 1 N–H and O–H groups in total. The summed E-state index contributed by atoms with van der Waals surface area (Å²) >= 11 is 8.31. The Morgan fingerprint density at radius 1 is 1.22 bits per heavy atom. The van der Waals surface area contributed by atoms with Gasteiger partial charge in [0.15, 0.2) is 0 Å². The minimum Gasteiger partial charge on any atom is -0.465 e. The van der Waals surface area contributed by atoms with Gasteiger partial charge in [0.1, 0.15) is 9.75 Å². The van der Waals surface area contributed by atoms with E-state index < -0.39 is 5.97 Å². The third-order valence-corrected chi connectivity index (χ3v) is 4.34. The molecule has 0 aromatic carbocycles. The number of anilines is 1. The zero-order valence-corrected chi connectivity index (χ0v) is 11.6. The number of amides is 1. The van der Waals surface area contributed by atoms with Crippen LogP contribution in [0.3, 0.4) is 0 Å². The lowest BCUT2D eigenvalue weighted by atomic mass is 10.3. The maximum Gasteiger partial charge on any atom is 0.350 e. The number of nitrogens with one attached hydrogen (secondary N) is 1. The first kappa shape index (κ1) is 13.1. The number of thiophene rings is 2. The first-order valence-electron chi connectivity index (χ1n) is 4.83. The van der Waals surface area contributed by atoms with Gasteiger partial charge in [-0.15, -0.1) is 22.7 Å². The number of esters is 1. The molecule has 0 spiro atoms. The van der Waals surface area contributed by atoms with E-state index in [1.165, 1.54) is 29.8 Å². The summed E-state index contributed by atoms with van der Waals surface area (Å²) in [6, 6.07) is 3.30. The van der Waals surface area contributed by atoms with Crippen LogP contribution in [0.15, 0.2) is 22.9 Å². The number of rotatable bonds is 3. The van der Waals surface area contributed by atoms with Gasteiger partial charge in [0, 0.05) is 0 Å². The van der Waals surface area contributed by atoms with Crippen LogP contribution in [0.5, 0.6) is 0 Å². The van der Waals surface area contributed by atoms with Gasteiger partial charge in [-0.2, -0.15) is 0 Å². The second-order valence-electron chi connectivity index (χ2n) is 3.21. The molecule has 0 radical (unpaired) electrons. The van der Waals surface area contributed by atoms with E-state index >= 15 is 0 Å². The number of methoxy groups -OCH3 is 1. The van der Waals surface area contributed by atoms with Crippen molar-refractivity contribution in [1.29, 1.82) is 0 Å². The summed E-state index contributed by atoms with van der Waals surface area (Å²) in [6.45, 7) is 0. The highest BCUT2D eigenvalue weighted by Gasteiger charge is 2.18. The molecule has 0 saturated carbocycles. The molecule has 0 aliphatic carbocycles. The average Bonchev–Trinajstić information content (AvgIpc) is 2.97. The van der Waals surface area contributed by atoms with Crippen LogP contribution in [0.25, 0.3) is 0 Å². The van der Waals surface area contributed by atoms with Gasteiger partial charge in [-0.1, -0.05) is 11.6 Å². The van der Waals surface area contributed by atoms with Crippen LogP contribution in [-0.4, -0.2) is 19.0 Å². The molecule has 2 aromatic rings. The normalized spacial score (nSPS) is 10.1. The Balaban J connectivity index is 2.20. The molecule has 4 nitrogen and oxygen atoms in total. The van der Waals surface area contributed by atoms with Gasteiger partial charge in [-0.05, 0) is 22.9 Å². The Morgan fingerprint density at radius 2 is 1.89 bits per heavy atom. The molecule has 2 rings (SSSR count). The van der Waals surface area contributed by atoms with Gasteiger partial charge >= 0.3 is 5.97 Å². The van der Waals surface area contributed by atoms with E-state index in [9.17, 15) is 9.59 Å². The standard InChI is InChI=1S/C11H8ClNO3S2/c1-16-11(15)9-7(3-5-18-9)13-10(14)8-6(12)2-4-17-8/h2-5H,1H3,(H,13,14). The Morgan fingerprint density at radius 3 is 2.50 bits per heavy atom. The van der Waals surface area contributed by atoms with Crippen molar-refractivity contribution >= 4 is 51.8 Å². The fraction of sp³-hybridized carbons (Fsp3) is 0.0909. The van der Waals surface area contributed by atoms with Gasteiger partial charge in [0.2, 0.25) is 0 Å². The van der Waals surface area contributed by atoms with E-state index in [0.717, 1.165) is 0 Å². The maximum absolute atomic E-state index is 11.9. The quantitative estimate of drug-likeness (QED) is 0.883. The van der Waals surface area contributed by atoms with Crippen LogP contribution in [0.2, 0.25) is 5.02 Å². The van der Waals surface area contributed by atoms with E-state index in [0.29, 0.717) is 20.5 Å². The third kappa shape index (κ3) is 2.55. The zero-order valence-electron chi connectivity index (χ0n) is 9.23. The monoisotopic (exact) mass is 301 g/mol. The zero-order chi connectivity index (χ0) is 13.1. The molecule has 0 aliphatic heterocycles. The maximum atomic E-state index is 11.9. The van der Waals surface area contributed by atoms with Crippen molar-refractivity contribution in [2.75, 3.05) is 12.4 Å². The second kappa shape index (κ2) is 5.51. The van der Waals surface area contributed by atoms with Crippen LogP contribution in [0.1, 0.15) is 19.3 Å². The average molecular weight is 302 g/mol. The first-order chi connectivity index (χ1) is 8.63. The van der Waals surface area contributed by atoms with Crippen LogP contribution in [0.4, 0.5) is 5.69 Å². The van der Waals surface area contributed by atoms with E-state index in [1.54, 1.807) is 22.9 Å². The van der Waals surface area contributed by atoms with Crippen molar-refractivity contribution < 1.29 is 14.3 Å². The van der Waals surface area contributed by atoms with Crippen molar-refractivity contribution in [2.45, 2.75) is 0 Å². The van der Waals surface area contributed by atoms with Crippen LogP contribution < -0.4 is 5.32 Å². The summed E-state index contributed by atoms with van der Waals surface area (Å²) in [5.74, 6) is -0.809. The summed E-state index contributed by atoms with van der Waals surface area (Å²) in [5.41, 5.74) is 0.432. The summed E-state index contributed by atoms with van der Waals surface area (Å²) in [4.78, 5) is 24.1. The smallest absolute Gasteiger partial charge is 0.350 e. The molecule has 18 heavy (non-hydrogen) atoms. The number of hydrogen-bond donors (Lipinski definition) is 1. The van der Waals surface area contributed by atoms with E-state index in [1.807, 2.05) is 0 Å². The lowest BCUT2D eigenvalue weighted by molar-refractivity contribution is 0.0607. The van der Waals surface area contributed by atoms with E-state index in [4.69, 9.17) is 11.6 Å². The van der Waals surface area contributed by atoms with Gasteiger partial charge < -0.3 is 10.1 Å². The largest absolute Gasteiger partial charge is 0.465 e. The summed E-state index contributed by atoms with van der Waals surface area (Å²) in [6.07, 6.45) is 0. The molecular formula is C11H8ClNO3S2. The lowest BCUT2D eigenvalue weighted by Gasteiger charge is -2.04. The van der Waals surface area contributed by atoms with E-state index in [-0.39, 0.29) is 5.91 Å². The highest BCUT2D eigenvalue weighted by atomic mass is 35.5. The molecule has 0 fully saturated rings. The molecule has 0 atom stereocenters. The molecule has 1 amide bonds. The fourth-order valence-electron chi connectivity index (χ4n) is 1.29. The number of carbonyl (C=O) groups excluding carboxylic acids is 2. The summed E-state index contributed by atoms with van der Waals surface area (Å²) < 4.78 is 4.63. The van der Waals surface area contributed by atoms with Crippen LogP contribution in [0, 0.1) is 0 Å². The third-order valence-electron chi connectivity index (χ3n) is 2.11. The lowest BCUT2D eigenvalue weighted by Crippen LogP contribution is -2.13. The number of hydrogen-bond acceptors (Lipinski definition) is 5. The fourth-order valence-corrected chi connectivity index (χ4v) is 3.10. The molecule has 0 saturated heterocycles.